The van der Waals surface area contributed by atoms with Crippen molar-refractivity contribution in [2.75, 3.05) is 0 Å². The van der Waals surface area contributed by atoms with Gasteiger partial charge in [-0.05, 0) is 25.0 Å². The van der Waals surface area contributed by atoms with Gasteiger partial charge in [0.25, 0.3) is 0 Å². The molecular formula is C10H17N3. The van der Waals surface area contributed by atoms with Gasteiger partial charge in [0.15, 0.2) is 0 Å². The predicted octanol–water partition coefficient (Wildman–Crippen LogP) is 1.31. The van der Waals surface area contributed by atoms with Gasteiger partial charge in [0.1, 0.15) is 0 Å². The molecule has 0 spiro atoms. The van der Waals surface area contributed by atoms with Crippen LogP contribution in [0.4, 0.5) is 0 Å². The molecule has 13 heavy (non-hydrogen) atoms. The molecule has 0 saturated heterocycles. The van der Waals surface area contributed by atoms with E-state index in [0.29, 0.717) is 5.92 Å². The molecule has 3 nitrogen and oxygen atoms in total. The molecule has 0 saturated carbocycles. The number of hydrogen-bond donors (Lipinski definition) is 1. The summed E-state index contributed by atoms with van der Waals surface area (Å²) in [6.45, 7) is 6.16. The number of nitrogens with zero attached hydrogens (tertiary/aromatic N) is 2. The Morgan fingerprint density at radius 3 is 2.46 bits per heavy atom. The minimum Gasteiger partial charge on any atom is -0.327 e. The van der Waals surface area contributed by atoms with Gasteiger partial charge < -0.3 is 5.73 Å². The van der Waals surface area contributed by atoms with Crippen molar-refractivity contribution in [1.29, 1.82) is 0 Å². The lowest BCUT2D eigenvalue weighted by molar-refractivity contribution is 0.484. The summed E-state index contributed by atoms with van der Waals surface area (Å²) in [5.41, 5.74) is 7.84. The Bertz CT molecular complexity index is 253. The maximum Gasteiger partial charge on any atom is 0.0646 e. The number of rotatable bonds is 3. The molecule has 72 valence electrons. The fraction of sp³-hybridized carbons (Fsp3) is 0.600. The zero-order valence-electron chi connectivity index (χ0n) is 8.49. The third kappa shape index (κ3) is 3.11. The molecule has 1 aromatic rings. The molecule has 0 fully saturated rings. The maximum absolute atomic E-state index is 5.92. The van der Waals surface area contributed by atoms with Gasteiger partial charge in [-0.1, -0.05) is 13.8 Å². The summed E-state index contributed by atoms with van der Waals surface area (Å²) in [5, 5.41) is 8.06. The molecule has 1 heterocycles. The molecule has 0 aliphatic rings. The van der Waals surface area contributed by atoms with E-state index in [9.17, 15) is 0 Å². The SMILES string of the molecule is Cc1ccc(CC(N)C(C)C)nn1. The fourth-order valence-corrected chi connectivity index (χ4v) is 1.01. The topological polar surface area (TPSA) is 51.8 Å². The highest BCUT2D eigenvalue weighted by Gasteiger charge is 2.09. The second kappa shape index (κ2) is 4.33. The summed E-state index contributed by atoms with van der Waals surface area (Å²) in [6, 6.07) is 4.14. The normalized spacial score (nSPS) is 13.3. The van der Waals surface area contributed by atoms with Gasteiger partial charge in [-0.25, -0.2) is 0 Å². The fourth-order valence-electron chi connectivity index (χ4n) is 1.01. The molecule has 1 unspecified atom stereocenters. The first kappa shape index (κ1) is 10.1. The molecule has 1 aromatic heterocycles. The second-order valence-corrected chi connectivity index (χ2v) is 3.78. The van der Waals surface area contributed by atoms with Crippen molar-refractivity contribution in [2.45, 2.75) is 33.2 Å². The lowest BCUT2D eigenvalue weighted by Crippen LogP contribution is -2.29. The predicted molar refractivity (Wildman–Crippen MR) is 53.3 cm³/mol. The average Bonchev–Trinajstić information content (AvgIpc) is 2.08. The highest BCUT2D eigenvalue weighted by molar-refractivity contribution is 5.06. The first-order chi connectivity index (χ1) is 6.09. The zero-order valence-corrected chi connectivity index (χ0v) is 8.49. The van der Waals surface area contributed by atoms with Crippen molar-refractivity contribution >= 4 is 0 Å². The van der Waals surface area contributed by atoms with Gasteiger partial charge >= 0.3 is 0 Å². The molecule has 3 heteroatoms. The van der Waals surface area contributed by atoms with Gasteiger partial charge in [-0.2, -0.15) is 10.2 Å². The van der Waals surface area contributed by atoms with Crippen molar-refractivity contribution in [3.8, 4) is 0 Å². The molecule has 0 aliphatic heterocycles. The van der Waals surface area contributed by atoms with Crippen molar-refractivity contribution < 1.29 is 0 Å². The first-order valence-electron chi connectivity index (χ1n) is 4.64. The molecule has 1 rings (SSSR count). The van der Waals surface area contributed by atoms with Crippen LogP contribution < -0.4 is 5.73 Å². The quantitative estimate of drug-likeness (QED) is 0.761. The monoisotopic (exact) mass is 179 g/mol. The Labute approximate surface area is 79.4 Å². The first-order valence-corrected chi connectivity index (χ1v) is 4.64. The Hall–Kier alpha value is -0.960. The van der Waals surface area contributed by atoms with E-state index in [1.54, 1.807) is 0 Å². The van der Waals surface area contributed by atoms with Crippen LogP contribution in [0.25, 0.3) is 0 Å². The Morgan fingerprint density at radius 1 is 1.31 bits per heavy atom. The summed E-state index contributed by atoms with van der Waals surface area (Å²) < 4.78 is 0. The van der Waals surface area contributed by atoms with Crippen LogP contribution in [-0.4, -0.2) is 16.2 Å². The number of aromatic nitrogens is 2. The van der Waals surface area contributed by atoms with Crippen molar-refractivity contribution in [2.24, 2.45) is 11.7 Å². The summed E-state index contributed by atoms with van der Waals surface area (Å²) >= 11 is 0. The maximum atomic E-state index is 5.92. The highest BCUT2D eigenvalue weighted by Crippen LogP contribution is 2.05. The molecule has 0 aliphatic carbocycles. The number of aryl methyl sites for hydroxylation is 1. The summed E-state index contributed by atoms with van der Waals surface area (Å²) in [6.07, 6.45) is 0.810. The minimum absolute atomic E-state index is 0.178. The summed E-state index contributed by atoms with van der Waals surface area (Å²) in [4.78, 5) is 0. The van der Waals surface area contributed by atoms with Crippen LogP contribution in [0.15, 0.2) is 12.1 Å². The zero-order chi connectivity index (χ0) is 9.84. The van der Waals surface area contributed by atoms with Crippen LogP contribution in [0, 0.1) is 12.8 Å². The van der Waals surface area contributed by atoms with E-state index < -0.39 is 0 Å². The molecular weight excluding hydrogens is 162 g/mol. The van der Waals surface area contributed by atoms with Gasteiger partial charge in [-0.15, -0.1) is 0 Å². The Balaban J connectivity index is 2.59. The van der Waals surface area contributed by atoms with Crippen molar-refractivity contribution in [3.63, 3.8) is 0 Å². The van der Waals surface area contributed by atoms with Crippen molar-refractivity contribution in [3.05, 3.63) is 23.5 Å². The van der Waals surface area contributed by atoms with E-state index in [4.69, 9.17) is 5.73 Å². The molecule has 0 amide bonds. The molecule has 0 aromatic carbocycles. The van der Waals surface area contributed by atoms with Crippen LogP contribution in [0.5, 0.6) is 0 Å². The van der Waals surface area contributed by atoms with Crippen LogP contribution in [0.2, 0.25) is 0 Å². The van der Waals surface area contributed by atoms with Crippen LogP contribution in [0.3, 0.4) is 0 Å². The number of nitrogens with two attached hydrogens (primary N) is 1. The summed E-state index contributed by atoms with van der Waals surface area (Å²) in [5.74, 6) is 0.489. The van der Waals surface area contributed by atoms with E-state index in [1.165, 1.54) is 0 Å². The third-order valence-electron chi connectivity index (χ3n) is 2.15. The standard InChI is InChI=1S/C10H17N3/c1-7(2)10(11)6-9-5-4-8(3)12-13-9/h4-5,7,10H,6,11H2,1-3H3. The van der Waals surface area contributed by atoms with Crippen molar-refractivity contribution in [1.82, 2.24) is 10.2 Å². The number of hydrogen-bond acceptors (Lipinski definition) is 3. The van der Waals surface area contributed by atoms with E-state index in [2.05, 4.69) is 24.0 Å². The third-order valence-corrected chi connectivity index (χ3v) is 2.15. The lowest BCUT2D eigenvalue weighted by atomic mass is 10.0. The highest BCUT2D eigenvalue weighted by atomic mass is 15.1. The van der Waals surface area contributed by atoms with E-state index in [1.807, 2.05) is 19.1 Å². The van der Waals surface area contributed by atoms with Crippen LogP contribution in [-0.2, 0) is 6.42 Å². The van der Waals surface area contributed by atoms with E-state index in [0.717, 1.165) is 17.8 Å². The van der Waals surface area contributed by atoms with E-state index >= 15 is 0 Å². The summed E-state index contributed by atoms with van der Waals surface area (Å²) in [7, 11) is 0. The van der Waals surface area contributed by atoms with Crippen LogP contribution in [0.1, 0.15) is 25.2 Å². The smallest absolute Gasteiger partial charge is 0.0646 e. The Kier molecular flexibility index (Phi) is 3.37. The second-order valence-electron chi connectivity index (χ2n) is 3.78. The lowest BCUT2D eigenvalue weighted by Gasteiger charge is -2.14. The average molecular weight is 179 g/mol. The van der Waals surface area contributed by atoms with Gasteiger partial charge in [0, 0.05) is 12.5 Å². The van der Waals surface area contributed by atoms with Gasteiger partial charge in [0.05, 0.1) is 11.4 Å². The largest absolute Gasteiger partial charge is 0.327 e. The van der Waals surface area contributed by atoms with Gasteiger partial charge in [-0.3, -0.25) is 0 Å². The Morgan fingerprint density at radius 2 is 2.00 bits per heavy atom. The minimum atomic E-state index is 0.178. The van der Waals surface area contributed by atoms with E-state index in [-0.39, 0.29) is 6.04 Å². The molecule has 1 atom stereocenters. The molecule has 2 N–H and O–H groups in total. The molecule has 0 bridgehead atoms. The van der Waals surface area contributed by atoms with Gasteiger partial charge in [0.2, 0.25) is 0 Å². The van der Waals surface area contributed by atoms with Crippen LogP contribution >= 0.6 is 0 Å². The molecule has 0 radical (unpaired) electrons.